The van der Waals surface area contributed by atoms with Crippen LogP contribution in [0.4, 0.5) is 0 Å². The van der Waals surface area contributed by atoms with Gasteiger partial charge in [0.1, 0.15) is 18.5 Å². The Bertz CT molecular complexity index is 2270. The lowest BCUT2D eigenvalue weighted by atomic mass is 9.32. The molecule has 2 aromatic carbocycles. The van der Waals surface area contributed by atoms with Gasteiger partial charge < -0.3 is 19.4 Å². The van der Waals surface area contributed by atoms with Crippen LogP contribution in [0.25, 0.3) is 11.3 Å². The lowest BCUT2D eigenvalue weighted by Crippen LogP contribution is -2.67. The summed E-state index contributed by atoms with van der Waals surface area (Å²) in [5, 5.41) is 0. The molecule has 1 saturated heterocycles. The Balaban J connectivity index is 0.904. The van der Waals surface area contributed by atoms with Crippen LogP contribution in [0.5, 0.6) is 0 Å². The van der Waals surface area contributed by atoms with Crippen molar-refractivity contribution in [2.45, 2.75) is 164 Å². The lowest BCUT2D eigenvalue weighted by Gasteiger charge is -2.73. The van der Waals surface area contributed by atoms with Crippen LogP contribution < -0.4 is 0 Å². The molecule has 5 saturated carbocycles. The third kappa shape index (κ3) is 7.61. The summed E-state index contributed by atoms with van der Waals surface area (Å²) in [5.41, 5.74) is 4.15. The molecule has 8 nitrogen and oxygen atoms in total. The molecular weight excluding hydrogens is 819 g/mol. The van der Waals surface area contributed by atoms with Crippen LogP contribution in [0.2, 0.25) is 0 Å². The third-order valence-electron chi connectivity index (χ3n) is 20.3. The number of carbonyl (C=O) groups is 3. The molecule has 3 aromatic rings. The molecule has 6 fully saturated rings. The topological polar surface area (TPSA) is 102 Å². The highest BCUT2D eigenvalue weighted by Gasteiger charge is 2.72. The molecule has 0 bridgehead atoms. The van der Waals surface area contributed by atoms with Gasteiger partial charge in [-0.2, -0.15) is 0 Å². The van der Waals surface area contributed by atoms with E-state index in [9.17, 15) is 9.59 Å². The van der Waals surface area contributed by atoms with Crippen LogP contribution in [0, 0.1) is 68.5 Å². The van der Waals surface area contributed by atoms with E-state index in [1.165, 1.54) is 12.0 Å². The number of ether oxygens (including phenoxy) is 2. The molecule has 6 aliphatic rings. The Morgan fingerprint density at radius 1 is 0.833 bits per heavy atom. The number of hydrogen-bond donors (Lipinski definition) is 1. The van der Waals surface area contributed by atoms with Crippen LogP contribution >= 0.6 is 0 Å². The van der Waals surface area contributed by atoms with Crippen molar-refractivity contribution in [1.29, 1.82) is 0 Å². The van der Waals surface area contributed by atoms with Crippen LogP contribution in [0.3, 0.4) is 0 Å². The van der Waals surface area contributed by atoms with E-state index >= 15 is 4.79 Å². The number of H-pyrrole nitrogens is 1. The number of likely N-dealkylation sites (tertiary alicyclic amines) is 1. The van der Waals surface area contributed by atoms with Crippen LogP contribution in [0.1, 0.15) is 163 Å². The summed E-state index contributed by atoms with van der Waals surface area (Å²) in [6, 6.07) is 20.1. The monoisotopic (exact) mass is 898 g/mol. The molecule has 0 unspecified atom stereocenters. The first-order valence-electron chi connectivity index (χ1n) is 26.0. The molecule has 1 aromatic heterocycles. The van der Waals surface area contributed by atoms with E-state index in [2.05, 4.69) is 82.3 Å². The summed E-state index contributed by atoms with van der Waals surface area (Å²) in [4.78, 5) is 53.5. The molecular formula is C58H79N3O5. The molecule has 9 rings (SSSR count). The normalized spacial score (nSPS) is 36.5. The lowest BCUT2D eigenvalue weighted by molar-refractivity contribution is -0.250. The highest BCUT2D eigenvalue weighted by molar-refractivity contribution is 5.85. The summed E-state index contributed by atoms with van der Waals surface area (Å²) in [6.45, 7) is 24.5. The number of amides is 1. The van der Waals surface area contributed by atoms with Gasteiger partial charge in [0, 0.05) is 12.0 Å². The summed E-state index contributed by atoms with van der Waals surface area (Å²) in [6.07, 6.45) is 15.4. The predicted molar refractivity (Wildman–Crippen MR) is 260 cm³/mol. The molecule has 5 aliphatic carbocycles. The molecule has 1 aliphatic heterocycles. The Kier molecular flexibility index (Phi) is 12.6. The summed E-state index contributed by atoms with van der Waals surface area (Å²) < 4.78 is 12.3. The molecule has 1 amide bonds. The van der Waals surface area contributed by atoms with Crippen LogP contribution in [0.15, 0.2) is 79.0 Å². The van der Waals surface area contributed by atoms with Crippen molar-refractivity contribution in [2.24, 2.45) is 68.5 Å². The van der Waals surface area contributed by atoms with Crippen molar-refractivity contribution >= 4 is 17.8 Å². The Labute approximate surface area is 395 Å². The first-order chi connectivity index (χ1) is 31.5. The zero-order valence-corrected chi connectivity index (χ0v) is 41.5. The maximum absolute atomic E-state index is 15.6. The standard InChI is InChI=1S/C58H79N3O5/c1-10-40(52(63)65-36-39-18-13-11-14-19-39)34-38(4)51(62)66-48-27-28-55(7)46(54(48,5)6)26-29-57(9)47(55)24-23-43-49-42(37(2)3)25-30-58(49,32-31-56(43,57)8)53(64)61-33-17-22-45(61)50-59-35-44(60-50)41-20-15-12-16-21-41/h11-16,18-21,35,38,40,42-43,45-49H,2,10,17,22-34,36H2,1,3-9H3,(H,59,60)/t38-,40+,42-,43+,45-,46-,47+,48-,49+,55-,56+,57+,58-/m0/s1. The van der Waals surface area contributed by atoms with E-state index < -0.39 is 5.92 Å². The number of rotatable bonds is 12. The number of esters is 2. The fourth-order valence-corrected chi connectivity index (χ4v) is 16.6. The fourth-order valence-electron chi connectivity index (χ4n) is 16.6. The van der Waals surface area contributed by atoms with Crippen molar-refractivity contribution in [3.8, 4) is 11.3 Å². The number of aromatic nitrogens is 2. The average molecular weight is 898 g/mol. The molecule has 356 valence electrons. The number of imidazole rings is 1. The van der Waals surface area contributed by atoms with Gasteiger partial charge in [0.15, 0.2) is 0 Å². The quantitative estimate of drug-likeness (QED) is 0.144. The zero-order chi connectivity index (χ0) is 46.8. The number of nitrogens with one attached hydrogen (secondary N) is 1. The van der Waals surface area contributed by atoms with Crippen molar-refractivity contribution in [3.63, 3.8) is 0 Å². The van der Waals surface area contributed by atoms with Gasteiger partial charge in [-0.05, 0) is 154 Å². The molecule has 13 atom stereocenters. The van der Waals surface area contributed by atoms with E-state index in [0.717, 1.165) is 99.8 Å². The van der Waals surface area contributed by atoms with Gasteiger partial charge in [-0.3, -0.25) is 14.4 Å². The number of hydrogen-bond acceptors (Lipinski definition) is 6. The van der Waals surface area contributed by atoms with Gasteiger partial charge in [-0.25, -0.2) is 4.98 Å². The summed E-state index contributed by atoms with van der Waals surface area (Å²) in [7, 11) is 0. The largest absolute Gasteiger partial charge is 0.462 e. The molecule has 8 heteroatoms. The van der Waals surface area contributed by atoms with E-state index in [1.54, 1.807) is 0 Å². The van der Waals surface area contributed by atoms with Crippen molar-refractivity contribution in [2.75, 3.05) is 6.54 Å². The van der Waals surface area contributed by atoms with E-state index in [4.69, 9.17) is 14.5 Å². The molecule has 2 heterocycles. The van der Waals surface area contributed by atoms with Gasteiger partial charge >= 0.3 is 11.9 Å². The van der Waals surface area contributed by atoms with E-state index in [0.29, 0.717) is 48.3 Å². The number of benzene rings is 2. The summed E-state index contributed by atoms with van der Waals surface area (Å²) >= 11 is 0. The molecule has 1 N–H and O–H groups in total. The van der Waals surface area contributed by atoms with Gasteiger partial charge in [0.05, 0.1) is 35.2 Å². The smallest absolute Gasteiger partial charge is 0.309 e. The van der Waals surface area contributed by atoms with Gasteiger partial charge in [-0.15, -0.1) is 0 Å². The molecule has 66 heavy (non-hydrogen) atoms. The predicted octanol–water partition coefficient (Wildman–Crippen LogP) is 13.1. The third-order valence-corrected chi connectivity index (χ3v) is 20.3. The SMILES string of the molecule is C=C(C)[C@@H]1CC[C@]2(C(=O)N3CCC[C@H]3c3ncc(-c4ccccc4)[nH]3)CC[C@]3(C)[C@H](CC[C@@H]4[C@@]5(C)CC[C@H](OC(=O)[C@@H](C)C[C@@H](CC)C(=O)OCc6ccccc6)C(C)(C)[C@@H]5CC[C@]43C)[C@@H]12. The zero-order valence-electron chi connectivity index (χ0n) is 41.5. The second-order valence-electron chi connectivity index (χ2n) is 23.7. The second-order valence-corrected chi connectivity index (χ2v) is 23.7. The summed E-state index contributed by atoms with van der Waals surface area (Å²) in [5.74, 6) is 2.23. The van der Waals surface area contributed by atoms with Crippen molar-refractivity contribution < 1.29 is 23.9 Å². The first kappa shape index (κ1) is 46.9. The number of fused-ring (bicyclic) bond motifs is 7. The van der Waals surface area contributed by atoms with Crippen molar-refractivity contribution in [3.05, 3.63) is 90.4 Å². The van der Waals surface area contributed by atoms with Crippen LogP contribution in [-0.2, 0) is 30.5 Å². The highest BCUT2D eigenvalue weighted by Crippen LogP contribution is 2.78. The van der Waals surface area contributed by atoms with Gasteiger partial charge in [0.25, 0.3) is 0 Å². The second kappa shape index (κ2) is 17.7. The number of aromatic amines is 1. The molecule has 0 spiro atoms. The maximum atomic E-state index is 15.6. The minimum absolute atomic E-state index is 0.0196. The van der Waals surface area contributed by atoms with E-state index in [1.807, 2.05) is 56.4 Å². The molecule has 0 radical (unpaired) electrons. The van der Waals surface area contributed by atoms with Gasteiger partial charge in [-0.1, -0.05) is 121 Å². The maximum Gasteiger partial charge on any atom is 0.309 e. The number of nitrogens with zero attached hydrogens (tertiary/aromatic N) is 2. The fraction of sp³-hybridized carbons (Fsp3) is 0.655. The Hall–Kier alpha value is -4.20. The Morgan fingerprint density at radius 2 is 1.56 bits per heavy atom. The Morgan fingerprint density at radius 3 is 2.27 bits per heavy atom. The van der Waals surface area contributed by atoms with Crippen molar-refractivity contribution in [1.82, 2.24) is 14.9 Å². The average Bonchev–Trinajstić information content (AvgIpc) is 4.09. The van der Waals surface area contributed by atoms with Gasteiger partial charge in [0.2, 0.25) is 5.91 Å². The number of carbonyl (C=O) groups excluding carboxylic acids is 3. The minimum Gasteiger partial charge on any atom is -0.462 e. The number of allylic oxidation sites excluding steroid dienone is 1. The highest BCUT2D eigenvalue weighted by atomic mass is 16.5. The minimum atomic E-state index is -0.397. The van der Waals surface area contributed by atoms with Crippen LogP contribution in [-0.4, -0.2) is 45.4 Å². The van der Waals surface area contributed by atoms with E-state index in [-0.39, 0.29) is 63.7 Å². The first-order valence-corrected chi connectivity index (χ1v) is 26.0.